The highest BCUT2D eigenvalue weighted by molar-refractivity contribution is 6.30. The van der Waals surface area contributed by atoms with Crippen LogP contribution in [0.2, 0.25) is 5.02 Å². The van der Waals surface area contributed by atoms with Crippen molar-refractivity contribution in [1.29, 1.82) is 0 Å². The zero-order valence-electron chi connectivity index (χ0n) is 10.9. The number of carbonyl (C=O) groups is 2. The van der Waals surface area contributed by atoms with Crippen molar-refractivity contribution in [2.24, 2.45) is 0 Å². The predicted molar refractivity (Wildman–Crippen MR) is 82.5 cm³/mol. The van der Waals surface area contributed by atoms with Gasteiger partial charge in [-0.25, -0.2) is 4.79 Å². The molecular formula is C16H12ClNO3. The molecule has 0 heterocycles. The Balaban J connectivity index is 2.08. The molecule has 21 heavy (non-hydrogen) atoms. The average molecular weight is 302 g/mol. The fourth-order valence-corrected chi connectivity index (χ4v) is 1.82. The smallest absolute Gasteiger partial charge is 0.337 e. The van der Waals surface area contributed by atoms with Gasteiger partial charge in [0.05, 0.1) is 11.3 Å². The maximum Gasteiger partial charge on any atom is 0.337 e. The van der Waals surface area contributed by atoms with Crippen LogP contribution in [0, 0.1) is 0 Å². The lowest BCUT2D eigenvalue weighted by molar-refractivity contribution is -0.111. The Morgan fingerprint density at radius 1 is 1.05 bits per heavy atom. The third kappa shape index (κ3) is 4.19. The highest BCUT2D eigenvalue weighted by Gasteiger charge is 2.09. The monoisotopic (exact) mass is 301 g/mol. The Morgan fingerprint density at radius 3 is 2.38 bits per heavy atom. The first-order valence-electron chi connectivity index (χ1n) is 6.13. The van der Waals surface area contributed by atoms with Gasteiger partial charge in [-0.1, -0.05) is 35.9 Å². The third-order valence-corrected chi connectivity index (χ3v) is 2.96. The summed E-state index contributed by atoms with van der Waals surface area (Å²) in [4.78, 5) is 22.8. The van der Waals surface area contributed by atoms with Crippen LogP contribution in [-0.4, -0.2) is 17.0 Å². The fourth-order valence-electron chi connectivity index (χ4n) is 1.70. The second kappa shape index (κ2) is 6.72. The van der Waals surface area contributed by atoms with Gasteiger partial charge < -0.3 is 10.4 Å². The molecule has 0 fully saturated rings. The van der Waals surface area contributed by atoms with E-state index in [2.05, 4.69) is 5.32 Å². The Bertz CT molecular complexity index is 693. The Kier molecular flexibility index (Phi) is 4.74. The Morgan fingerprint density at radius 2 is 1.71 bits per heavy atom. The largest absolute Gasteiger partial charge is 0.478 e. The molecule has 0 aliphatic heterocycles. The molecule has 0 bridgehead atoms. The van der Waals surface area contributed by atoms with E-state index in [0.717, 1.165) is 5.56 Å². The maximum absolute atomic E-state index is 11.8. The van der Waals surface area contributed by atoms with Gasteiger partial charge in [0.1, 0.15) is 0 Å². The molecule has 0 spiro atoms. The van der Waals surface area contributed by atoms with Crippen LogP contribution < -0.4 is 5.32 Å². The third-order valence-electron chi connectivity index (χ3n) is 2.71. The number of hydrogen-bond donors (Lipinski definition) is 2. The summed E-state index contributed by atoms with van der Waals surface area (Å²) in [7, 11) is 0. The summed E-state index contributed by atoms with van der Waals surface area (Å²) in [6.45, 7) is 0. The van der Waals surface area contributed by atoms with Gasteiger partial charge in [0, 0.05) is 11.1 Å². The van der Waals surface area contributed by atoms with E-state index in [0.29, 0.717) is 5.02 Å². The van der Waals surface area contributed by atoms with Gasteiger partial charge in [0.25, 0.3) is 0 Å². The van der Waals surface area contributed by atoms with E-state index in [1.165, 1.54) is 18.2 Å². The molecule has 0 unspecified atom stereocenters. The molecular weight excluding hydrogens is 290 g/mol. The Hall–Kier alpha value is -2.59. The van der Waals surface area contributed by atoms with Crippen molar-refractivity contribution in [3.05, 3.63) is 70.8 Å². The van der Waals surface area contributed by atoms with Gasteiger partial charge in [-0.15, -0.1) is 0 Å². The van der Waals surface area contributed by atoms with E-state index in [-0.39, 0.29) is 11.3 Å². The first-order valence-corrected chi connectivity index (χ1v) is 6.51. The summed E-state index contributed by atoms with van der Waals surface area (Å²) in [5.41, 5.74) is 1.13. The Labute approximate surface area is 126 Å². The lowest BCUT2D eigenvalue weighted by Gasteiger charge is -2.05. The molecule has 106 valence electrons. The number of amides is 1. The normalized spacial score (nSPS) is 10.5. The first kappa shape index (κ1) is 14.8. The van der Waals surface area contributed by atoms with Crippen LogP contribution in [0.3, 0.4) is 0 Å². The van der Waals surface area contributed by atoms with E-state index in [1.807, 2.05) is 0 Å². The van der Waals surface area contributed by atoms with Crippen LogP contribution in [-0.2, 0) is 4.79 Å². The van der Waals surface area contributed by atoms with Crippen LogP contribution in [0.15, 0.2) is 54.6 Å². The average Bonchev–Trinajstić information content (AvgIpc) is 2.47. The topological polar surface area (TPSA) is 66.4 Å². The van der Waals surface area contributed by atoms with E-state index in [4.69, 9.17) is 16.7 Å². The van der Waals surface area contributed by atoms with E-state index in [1.54, 1.807) is 42.5 Å². The zero-order chi connectivity index (χ0) is 15.2. The standard InChI is InChI=1S/C16H12ClNO3/c17-12-8-5-11(6-9-12)7-10-15(19)18-14-4-2-1-3-13(14)16(20)21/h1-10H,(H,18,19)(H,20,21). The lowest BCUT2D eigenvalue weighted by Crippen LogP contribution is -2.11. The lowest BCUT2D eigenvalue weighted by atomic mass is 10.1. The second-order valence-corrected chi connectivity index (χ2v) is 4.66. The highest BCUT2D eigenvalue weighted by atomic mass is 35.5. The van der Waals surface area contributed by atoms with Crippen molar-refractivity contribution in [2.45, 2.75) is 0 Å². The number of benzene rings is 2. The molecule has 0 saturated heterocycles. The van der Waals surface area contributed by atoms with Gasteiger partial charge >= 0.3 is 5.97 Å². The van der Waals surface area contributed by atoms with Crippen molar-refractivity contribution < 1.29 is 14.7 Å². The number of carboxylic acids is 1. The van der Waals surface area contributed by atoms with Gasteiger partial charge in [0.2, 0.25) is 5.91 Å². The summed E-state index contributed by atoms with van der Waals surface area (Å²) < 4.78 is 0. The molecule has 0 aliphatic carbocycles. The number of para-hydroxylation sites is 1. The summed E-state index contributed by atoms with van der Waals surface area (Å²) in [6, 6.07) is 13.2. The van der Waals surface area contributed by atoms with Gasteiger partial charge in [-0.05, 0) is 35.9 Å². The molecule has 0 aromatic heterocycles. The number of anilines is 1. The summed E-state index contributed by atoms with van der Waals surface area (Å²) in [5, 5.41) is 12.2. The van der Waals surface area contributed by atoms with Crippen molar-refractivity contribution in [1.82, 2.24) is 0 Å². The number of carbonyl (C=O) groups excluding carboxylic acids is 1. The first-order chi connectivity index (χ1) is 10.1. The maximum atomic E-state index is 11.8. The number of hydrogen-bond acceptors (Lipinski definition) is 2. The van der Waals surface area contributed by atoms with Crippen LogP contribution in [0.25, 0.3) is 6.08 Å². The molecule has 4 nitrogen and oxygen atoms in total. The van der Waals surface area contributed by atoms with Crippen LogP contribution in [0.5, 0.6) is 0 Å². The van der Waals surface area contributed by atoms with E-state index >= 15 is 0 Å². The molecule has 2 aromatic carbocycles. The quantitative estimate of drug-likeness (QED) is 0.846. The number of rotatable bonds is 4. The van der Waals surface area contributed by atoms with Gasteiger partial charge in [0.15, 0.2) is 0 Å². The highest BCUT2D eigenvalue weighted by Crippen LogP contribution is 2.15. The summed E-state index contributed by atoms with van der Waals surface area (Å²) >= 11 is 5.77. The van der Waals surface area contributed by atoms with Gasteiger partial charge in [-0.2, -0.15) is 0 Å². The van der Waals surface area contributed by atoms with Crippen molar-refractivity contribution in [3.8, 4) is 0 Å². The molecule has 2 rings (SSSR count). The fraction of sp³-hybridized carbons (Fsp3) is 0. The molecule has 2 N–H and O–H groups in total. The summed E-state index contributed by atoms with van der Waals surface area (Å²) in [6.07, 6.45) is 2.96. The van der Waals surface area contributed by atoms with Crippen molar-refractivity contribution in [2.75, 3.05) is 5.32 Å². The predicted octanol–water partition coefficient (Wildman–Crippen LogP) is 3.69. The number of nitrogens with one attached hydrogen (secondary N) is 1. The number of aromatic carboxylic acids is 1. The number of carboxylic acid groups (broad SMARTS) is 1. The molecule has 0 saturated carbocycles. The van der Waals surface area contributed by atoms with E-state index in [9.17, 15) is 9.59 Å². The molecule has 5 heteroatoms. The molecule has 1 amide bonds. The van der Waals surface area contributed by atoms with Crippen molar-refractivity contribution in [3.63, 3.8) is 0 Å². The number of halogens is 1. The zero-order valence-corrected chi connectivity index (χ0v) is 11.7. The second-order valence-electron chi connectivity index (χ2n) is 4.22. The minimum absolute atomic E-state index is 0.0470. The summed E-state index contributed by atoms with van der Waals surface area (Å²) in [5.74, 6) is -1.49. The minimum atomic E-state index is -1.09. The van der Waals surface area contributed by atoms with Crippen LogP contribution in [0.1, 0.15) is 15.9 Å². The van der Waals surface area contributed by atoms with Crippen LogP contribution in [0.4, 0.5) is 5.69 Å². The van der Waals surface area contributed by atoms with Gasteiger partial charge in [-0.3, -0.25) is 4.79 Å². The SMILES string of the molecule is O=C(C=Cc1ccc(Cl)cc1)Nc1ccccc1C(=O)O. The molecule has 0 radical (unpaired) electrons. The molecule has 0 atom stereocenters. The van der Waals surface area contributed by atoms with Crippen molar-refractivity contribution >= 4 is 35.2 Å². The minimum Gasteiger partial charge on any atom is -0.478 e. The van der Waals surface area contributed by atoms with Crippen LogP contribution >= 0.6 is 11.6 Å². The molecule has 0 aliphatic rings. The van der Waals surface area contributed by atoms with E-state index < -0.39 is 11.9 Å². The molecule has 2 aromatic rings.